The lowest BCUT2D eigenvalue weighted by atomic mass is 9.99. The van der Waals surface area contributed by atoms with E-state index >= 15 is 0 Å². The van der Waals surface area contributed by atoms with Crippen LogP contribution in [0.1, 0.15) is 45.7 Å². The number of thiophene rings is 1. The number of benzene rings is 1. The van der Waals surface area contributed by atoms with Gasteiger partial charge in [0.1, 0.15) is 16.9 Å². The van der Waals surface area contributed by atoms with Crippen molar-refractivity contribution in [1.82, 2.24) is 20.2 Å². The molecule has 1 aromatic carbocycles. The molecule has 29 heavy (non-hydrogen) atoms. The van der Waals surface area contributed by atoms with Gasteiger partial charge in [-0.2, -0.15) is 0 Å². The highest BCUT2D eigenvalue weighted by Crippen LogP contribution is 2.39. The van der Waals surface area contributed by atoms with Crippen LogP contribution in [0.15, 0.2) is 29.3 Å². The van der Waals surface area contributed by atoms with Crippen molar-refractivity contribution in [3.63, 3.8) is 0 Å². The van der Waals surface area contributed by atoms with E-state index in [9.17, 15) is 4.79 Å². The molecule has 1 N–H and O–H groups in total. The second-order valence-electron chi connectivity index (χ2n) is 6.84. The number of aliphatic imine (C=N–C) groups is 1. The van der Waals surface area contributed by atoms with E-state index in [1.807, 2.05) is 35.8 Å². The molecule has 4 rings (SSSR count). The molecule has 1 aliphatic heterocycles. The Hall–Kier alpha value is -2.55. The van der Waals surface area contributed by atoms with Crippen molar-refractivity contribution in [2.24, 2.45) is 4.99 Å². The van der Waals surface area contributed by atoms with Crippen molar-refractivity contribution in [3.8, 4) is 5.00 Å². The minimum absolute atomic E-state index is 0.0933. The summed E-state index contributed by atoms with van der Waals surface area (Å²) in [6.07, 6.45) is 0.0933. The number of hydrogen-bond donors (Lipinski definition) is 1. The molecule has 1 aliphatic rings. The number of carbonyl (C=O) groups excluding carboxylic acids is 1. The van der Waals surface area contributed by atoms with E-state index in [1.165, 1.54) is 12.0 Å². The van der Waals surface area contributed by atoms with Crippen molar-refractivity contribution < 1.29 is 9.63 Å². The molecule has 9 heteroatoms. The highest BCUT2D eigenvalue weighted by molar-refractivity contribution is 7.15. The van der Waals surface area contributed by atoms with E-state index < -0.39 is 6.04 Å². The van der Waals surface area contributed by atoms with Crippen molar-refractivity contribution >= 4 is 34.6 Å². The predicted octanol–water partition coefficient (Wildman–Crippen LogP) is 3.87. The number of aromatic nitrogens is 3. The van der Waals surface area contributed by atoms with Crippen LogP contribution in [0.5, 0.6) is 0 Å². The molecule has 3 aromatic rings. The Morgan fingerprint density at radius 2 is 1.97 bits per heavy atom. The summed E-state index contributed by atoms with van der Waals surface area (Å²) in [5.74, 6) is 1.12. The summed E-state index contributed by atoms with van der Waals surface area (Å²) in [5, 5.41) is 10.3. The summed E-state index contributed by atoms with van der Waals surface area (Å²) < 4.78 is 2.01. The number of rotatable bonds is 4. The molecule has 1 amide bonds. The number of aryl methyl sites for hydroxylation is 2. The van der Waals surface area contributed by atoms with Crippen molar-refractivity contribution in [1.29, 1.82) is 0 Å². The first kappa shape index (κ1) is 19.8. The van der Waals surface area contributed by atoms with Gasteiger partial charge < -0.3 is 0 Å². The summed E-state index contributed by atoms with van der Waals surface area (Å²) >= 11 is 7.78. The lowest BCUT2D eigenvalue weighted by molar-refractivity contribution is -0.131. The Morgan fingerprint density at radius 3 is 2.66 bits per heavy atom. The highest BCUT2D eigenvalue weighted by atomic mass is 35.5. The molecule has 0 fully saturated rings. The SMILES string of the molecule is CONC(=O)C[C@@H]1N=C(c2ccc(Cl)cc2)c2c(sc(C)c2C)-n2c(C)nnc21. The van der Waals surface area contributed by atoms with Crippen LogP contribution in [-0.2, 0) is 9.63 Å². The molecule has 0 saturated heterocycles. The molecule has 3 heterocycles. The summed E-state index contributed by atoms with van der Waals surface area (Å²) in [4.78, 5) is 23.3. The molecule has 1 atom stereocenters. The summed E-state index contributed by atoms with van der Waals surface area (Å²) in [6.45, 7) is 6.09. The first-order valence-corrected chi connectivity index (χ1v) is 10.3. The fourth-order valence-corrected chi connectivity index (χ4v) is 4.80. The van der Waals surface area contributed by atoms with Gasteiger partial charge in [0.15, 0.2) is 5.82 Å². The van der Waals surface area contributed by atoms with Crippen LogP contribution in [0.3, 0.4) is 0 Å². The van der Waals surface area contributed by atoms with Crippen LogP contribution in [0.25, 0.3) is 5.00 Å². The zero-order chi connectivity index (χ0) is 20.7. The first-order valence-electron chi connectivity index (χ1n) is 9.09. The zero-order valence-electron chi connectivity index (χ0n) is 16.5. The van der Waals surface area contributed by atoms with E-state index in [1.54, 1.807) is 11.3 Å². The molecule has 0 aliphatic carbocycles. The maximum Gasteiger partial charge on any atom is 0.246 e. The minimum atomic E-state index is -0.503. The molecule has 0 bridgehead atoms. The standard InChI is InChI=1S/C20H20ClN5O2S/c1-10-11(2)29-20-17(10)18(13-5-7-14(21)8-6-13)22-15(9-16(27)25-28-4)19-24-23-12(3)26(19)20/h5-8,15H,9H2,1-4H3,(H,25,27)/t15-/m0/s1. The molecule has 0 spiro atoms. The van der Waals surface area contributed by atoms with E-state index in [4.69, 9.17) is 21.4 Å². The molecule has 0 saturated carbocycles. The topological polar surface area (TPSA) is 81.4 Å². The third-order valence-corrected chi connectivity index (χ3v) is 6.40. The van der Waals surface area contributed by atoms with Crippen LogP contribution in [-0.4, -0.2) is 33.5 Å². The highest BCUT2D eigenvalue weighted by Gasteiger charge is 2.32. The maximum atomic E-state index is 12.3. The molecular formula is C20H20ClN5O2S. The quantitative estimate of drug-likeness (QED) is 0.638. The van der Waals surface area contributed by atoms with Crippen LogP contribution in [0.4, 0.5) is 0 Å². The Bertz CT molecular complexity index is 1120. The number of amides is 1. The van der Waals surface area contributed by atoms with E-state index in [0.29, 0.717) is 10.8 Å². The minimum Gasteiger partial charge on any atom is -0.277 e. The van der Waals surface area contributed by atoms with Crippen molar-refractivity contribution in [2.75, 3.05) is 7.11 Å². The van der Waals surface area contributed by atoms with Crippen molar-refractivity contribution in [3.05, 3.63) is 62.5 Å². The summed E-state index contributed by atoms with van der Waals surface area (Å²) in [7, 11) is 1.41. The molecule has 0 radical (unpaired) electrons. The number of nitrogens with zero attached hydrogens (tertiary/aromatic N) is 4. The fraction of sp³-hybridized carbons (Fsp3) is 0.300. The van der Waals surface area contributed by atoms with Gasteiger partial charge in [-0.15, -0.1) is 21.5 Å². The molecular weight excluding hydrogens is 410 g/mol. The van der Waals surface area contributed by atoms with E-state index in [-0.39, 0.29) is 12.3 Å². The number of nitrogens with one attached hydrogen (secondary N) is 1. The average Bonchev–Trinajstić information content (AvgIpc) is 3.15. The lowest BCUT2D eigenvalue weighted by Crippen LogP contribution is -2.24. The number of halogens is 1. The maximum absolute atomic E-state index is 12.3. The normalized spacial score (nSPS) is 15.3. The number of hydroxylamine groups is 1. The molecule has 0 unspecified atom stereocenters. The van der Waals surface area contributed by atoms with Gasteiger partial charge in [-0.05, 0) is 38.5 Å². The zero-order valence-corrected chi connectivity index (χ0v) is 18.1. The second kappa shape index (κ2) is 7.70. The Balaban J connectivity index is 1.96. The number of fused-ring (bicyclic) bond motifs is 3. The van der Waals surface area contributed by atoms with Crippen LogP contribution in [0.2, 0.25) is 5.02 Å². The van der Waals surface area contributed by atoms with E-state index in [2.05, 4.69) is 29.5 Å². The first-order chi connectivity index (χ1) is 13.9. The largest absolute Gasteiger partial charge is 0.277 e. The second-order valence-corrected chi connectivity index (χ2v) is 8.48. The van der Waals surface area contributed by atoms with Crippen LogP contribution in [0, 0.1) is 20.8 Å². The Morgan fingerprint density at radius 1 is 1.24 bits per heavy atom. The lowest BCUT2D eigenvalue weighted by Gasteiger charge is -2.12. The fourth-order valence-electron chi connectivity index (χ4n) is 3.46. The summed E-state index contributed by atoms with van der Waals surface area (Å²) in [5.41, 5.74) is 6.31. The molecule has 7 nitrogen and oxygen atoms in total. The van der Waals surface area contributed by atoms with Crippen molar-refractivity contribution in [2.45, 2.75) is 33.2 Å². The van der Waals surface area contributed by atoms with E-state index in [0.717, 1.165) is 33.2 Å². The monoisotopic (exact) mass is 429 g/mol. The predicted molar refractivity (Wildman–Crippen MR) is 113 cm³/mol. The average molecular weight is 430 g/mol. The Kier molecular flexibility index (Phi) is 5.24. The van der Waals surface area contributed by atoms with Crippen LogP contribution < -0.4 is 5.48 Å². The molecule has 2 aromatic heterocycles. The third-order valence-electron chi connectivity index (χ3n) is 4.95. The summed E-state index contributed by atoms with van der Waals surface area (Å²) in [6, 6.07) is 7.08. The third kappa shape index (κ3) is 3.48. The van der Waals surface area contributed by atoms with Gasteiger partial charge in [0.25, 0.3) is 0 Å². The smallest absolute Gasteiger partial charge is 0.246 e. The molecule has 150 valence electrons. The van der Waals surface area contributed by atoms with Gasteiger partial charge in [-0.1, -0.05) is 23.7 Å². The number of carbonyl (C=O) groups is 1. The van der Waals surface area contributed by atoms with Gasteiger partial charge in [-0.25, -0.2) is 5.48 Å². The number of hydrogen-bond acceptors (Lipinski definition) is 6. The van der Waals surface area contributed by atoms with Gasteiger partial charge >= 0.3 is 0 Å². The van der Waals surface area contributed by atoms with Gasteiger partial charge in [0.05, 0.1) is 19.2 Å². The van der Waals surface area contributed by atoms with Crippen LogP contribution >= 0.6 is 22.9 Å². The van der Waals surface area contributed by atoms with Gasteiger partial charge in [0, 0.05) is 21.0 Å². The Labute approximate surface area is 177 Å². The van der Waals surface area contributed by atoms with Gasteiger partial charge in [-0.3, -0.25) is 19.2 Å². The van der Waals surface area contributed by atoms with Gasteiger partial charge in [0.2, 0.25) is 5.91 Å².